The molecule has 0 saturated carbocycles. The van der Waals surface area contributed by atoms with Crippen LogP contribution < -0.4 is 15.8 Å². The van der Waals surface area contributed by atoms with Gasteiger partial charge in [-0.3, -0.25) is 4.98 Å². The van der Waals surface area contributed by atoms with E-state index in [-0.39, 0.29) is 5.82 Å². The molecule has 0 radical (unpaired) electrons. The van der Waals surface area contributed by atoms with E-state index in [0.29, 0.717) is 47.5 Å². The number of aromatic nitrogens is 5. The molecule has 1 aliphatic rings. The highest BCUT2D eigenvalue weighted by Crippen LogP contribution is 2.36. The van der Waals surface area contributed by atoms with E-state index in [1.807, 2.05) is 11.5 Å². The van der Waals surface area contributed by atoms with Crippen molar-refractivity contribution in [3.8, 4) is 17.3 Å². The normalized spacial score (nSPS) is 15.9. The Hall–Kier alpha value is -2.72. The van der Waals surface area contributed by atoms with Crippen LogP contribution in [0.25, 0.3) is 22.6 Å². The van der Waals surface area contributed by atoms with Gasteiger partial charge in [0.25, 0.3) is 0 Å². The zero-order valence-electron chi connectivity index (χ0n) is 17.0. The molecule has 0 aromatic carbocycles. The highest BCUT2D eigenvalue weighted by molar-refractivity contribution is 5.88. The Morgan fingerprint density at radius 1 is 1.34 bits per heavy atom. The number of hydrogen-bond donors (Lipinski definition) is 3. The minimum atomic E-state index is -1.18. The second kappa shape index (κ2) is 7.60. The van der Waals surface area contributed by atoms with Crippen molar-refractivity contribution < 1.29 is 14.5 Å². The van der Waals surface area contributed by atoms with Crippen molar-refractivity contribution in [2.45, 2.75) is 45.8 Å². The summed E-state index contributed by atoms with van der Waals surface area (Å²) < 4.78 is 12.9. The van der Waals surface area contributed by atoms with Crippen LogP contribution in [0.3, 0.4) is 0 Å². The molecule has 1 aliphatic heterocycles. The van der Waals surface area contributed by atoms with Crippen LogP contribution in [-0.4, -0.2) is 49.7 Å². The van der Waals surface area contributed by atoms with Crippen LogP contribution in [0.5, 0.6) is 5.75 Å². The number of aryl methyl sites for hydroxylation is 1. The largest absolute Gasteiger partial charge is 0.489 e. The fourth-order valence-electron chi connectivity index (χ4n) is 3.76. The van der Waals surface area contributed by atoms with E-state index in [1.165, 1.54) is 0 Å². The lowest BCUT2D eigenvalue weighted by molar-refractivity contribution is 0.0753. The number of fused-ring (bicyclic) bond motifs is 1. The maximum Gasteiger partial charge on any atom is 0.199 e. The summed E-state index contributed by atoms with van der Waals surface area (Å²) in [5, 5.41) is 21.6. The summed E-state index contributed by atoms with van der Waals surface area (Å²) in [7, 11) is 0. The van der Waals surface area contributed by atoms with Crippen molar-refractivity contribution in [2.24, 2.45) is 5.92 Å². The van der Waals surface area contributed by atoms with Crippen LogP contribution in [0.1, 0.15) is 39.3 Å². The summed E-state index contributed by atoms with van der Waals surface area (Å²) in [6.45, 7) is 8.58. The summed E-state index contributed by atoms with van der Waals surface area (Å²) in [6.07, 6.45) is 3.83. The van der Waals surface area contributed by atoms with Crippen LogP contribution in [-0.2, 0) is 12.1 Å². The number of anilines is 1. The Morgan fingerprint density at radius 3 is 2.72 bits per heavy atom. The third-order valence-electron chi connectivity index (χ3n) is 5.29. The number of pyridine rings is 1. The molecule has 3 aromatic rings. The SMILES string of the molecule is CCn1c(-c2nonc2N)nc2c(C(C)(C)O)ncc(OCC3CCNCC3)c21. The number of nitrogen functional groups attached to an aromatic ring is 1. The third kappa shape index (κ3) is 3.65. The highest BCUT2D eigenvalue weighted by atomic mass is 16.6. The lowest BCUT2D eigenvalue weighted by atomic mass is 9.99. The molecular formula is C19H27N7O3. The van der Waals surface area contributed by atoms with Gasteiger partial charge >= 0.3 is 0 Å². The molecule has 0 bridgehead atoms. The Bertz CT molecular complexity index is 999. The minimum absolute atomic E-state index is 0.157. The molecule has 10 heteroatoms. The monoisotopic (exact) mass is 401 g/mol. The average Bonchev–Trinajstić information content (AvgIpc) is 3.29. The first-order valence-electron chi connectivity index (χ1n) is 9.94. The second-order valence-electron chi connectivity index (χ2n) is 7.91. The van der Waals surface area contributed by atoms with Gasteiger partial charge in [0.15, 0.2) is 23.1 Å². The fourth-order valence-corrected chi connectivity index (χ4v) is 3.76. The predicted molar refractivity (Wildman–Crippen MR) is 107 cm³/mol. The molecule has 0 aliphatic carbocycles. The summed E-state index contributed by atoms with van der Waals surface area (Å²) in [5.41, 5.74) is 6.87. The molecule has 0 atom stereocenters. The number of nitrogens with zero attached hydrogens (tertiary/aromatic N) is 5. The van der Waals surface area contributed by atoms with E-state index in [1.54, 1.807) is 20.0 Å². The molecule has 29 heavy (non-hydrogen) atoms. The van der Waals surface area contributed by atoms with E-state index in [2.05, 4.69) is 20.6 Å². The van der Waals surface area contributed by atoms with Crippen molar-refractivity contribution in [3.05, 3.63) is 11.9 Å². The van der Waals surface area contributed by atoms with E-state index in [9.17, 15) is 5.11 Å². The molecule has 0 spiro atoms. The topological polar surface area (TPSA) is 137 Å². The van der Waals surface area contributed by atoms with Gasteiger partial charge in [-0.2, -0.15) is 0 Å². The quantitative estimate of drug-likeness (QED) is 0.563. The first-order chi connectivity index (χ1) is 13.9. The van der Waals surface area contributed by atoms with Crippen LogP contribution >= 0.6 is 0 Å². The van der Waals surface area contributed by atoms with E-state index >= 15 is 0 Å². The molecular weight excluding hydrogens is 374 g/mol. The second-order valence-corrected chi connectivity index (χ2v) is 7.91. The maximum atomic E-state index is 10.6. The van der Waals surface area contributed by atoms with Gasteiger partial charge in [-0.25, -0.2) is 9.61 Å². The molecule has 1 fully saturated rings. The molecule has 3 aromatic heterocycles. The standard InChI is InChI=1S/C19H27N7O3/c1-4-26-15-12(28-10-11-5-7-21-8-6-11)9-22-16(19(2,3)27)13(15)23-18(26)14-17(20)25-29-24-14/h9,11,21,27H,4-8,10H2,1-3H3,(H2,20,25). The third-order valence-corrected chi connectivity index (χ3v) is 5.29. The molecule has 0 unspecified atom stereocenters. The smallest absolute Gasteiger partial charge is 0.199 e. The van der Waals surface area contributed by atoms with E-state index < -0.39 is 5.60 Å². The Balaban J connectivity index is 1.83. The zero-order valence-corrected chi connectivity index (χ0v) is 17.0. The number of nitrogens with one attached hydrogen (secondary N) is 1. The number of nitrogens with two attached hydrogens (primary N) is 1. The number of hydrogen-bond acceptors (Lipinski definition) is 9. The lowest BCUT2D eigenvalue weighted by Crippen LogP contribution is -2.30. The van der Waals surface area contributed by atoms with Gasteiger partial charge in [-0.1, -0.05) is 0 Å². The number of aliphatic hydroxyl groups is 1. The van der Waals surface area contributed by atoms with Gasteiger partial charge in [0, 0.05) is 6.54 Å². The van der Waals surface area contributed by atoms with Crippen molar-refractivity contribution in [2.75, 3.05) is 25.4 Å². The lowest BCUT2D eigenvalue weighted by Gasteiger charge is -2.23. The summed E-state index contributed by atoms with van der Waals surface area (Å²) in [4.78, 5) is 9.20. The fraction of sp³-hybridized carbons (Fsp3) is 0.579. The minimum Gasteiger partial charge on any atom is -0.489 e. The van der Waals surface area contributed by atoms with Crippen LogP contribution in [0.2, 0.25) is 0 Å². The number of piperidine rings is 1. The first kappa shape index (κ1) is 19.6. The van der Waals surface area contributed by atoms with Crippen LogP contribution in [0, 0.1) is 5.92 Å². The molecule has 0 amide bonds. The highest BCUT2D eigenvalue weighted by Gasteiger charge is 2.29. The van der Waals surface area contributed by atoms with Gasteiger partial charge in [0.1, 0.15) is 16.6 Å². The van der Waals surface area contributed by atoms with Crippen molar-refractivity contribution in [3.63, 3.8) is 0 Å². The molecule has 10 nitrogen and oxygen atoms in total. The summed E-state index contributed by atoms with van der Waals surface area (Å²) in [6, 6.07) is 0. The van der Waals surface area contributed by atoms with E-state index in [0.717, 1.165) is 31.4 Å². The Morgan fingerprint density at radius 2 is 2.10 bits per heavy atom. The number of imidazole rings is 1. The van der Waals surface area contributed by atoms with Gasteiger partial charge in [0.05, 0.1) is 18.5 Å². The maximum absolute atomic E-state index is 10.6. The van der Waals surface area contributed by atoms with Gasteiger partial charge in [-0.15, -0.1) is 0 Å². The van der Waals surface area contributed by atoms with Crippen molar-refractivity contribution >= 4 is 16.9 Å². The van der Waals surface area contributed by atoms with E-state index in [4.69, 9.17) is 20.1 Å². The predicted octanol–water partition coefficient (Wildman–Crippen LogP) is 1.69. The van der Waals surface area contributed by atoms with Gasteiger partial charge in [0.2, 0.25) is 0 Å². The number of rotatable bonds is 6. The average molecular weight is 401 g/mol. The molecule has 4 heterocycles. The van der Waals surface area contributed by atoms with Crippen LogP contribution in [0.15, 0.2) is 10.8 Å². The Kier molecular flexibility index (Phi) is 5.13. The molecule has 1 saturated heterocycles. The van der Waals surface area contributed by atoms with Crippen molar-refractivity contribution in [1.29, 1.82) is 0 Å². The van der Waals surface area contributed by atoms with Crippen molar-refractivity contribution in [1.82, 2.24) is 30.2 Å². The van der Waals surface area contributed by atoms with Crippen LogP contribution in [0.4, 0.5) is 5.82 Å². The van der Waals surface area contributed by atoms with Gasteiger partial charge < -0.3 is 25.5 Å². The zero-order chi connectivity index (χ0) is 20.6. The Labute approximate surface area is 168 Å². The molecule has 156 valence electrons. The first-order valence-corrected chi connectivity index (χ1v) is 9.94. The van der Waals surface area contributed by atoms with Gasteiger partial charge in [-0.05, 0) is 62.9 Å². The summed E-state index contributed by atoms with van der Waals surface area (Å²) >= 11 is 0. The number of ether oxygens (including phenoxy) is 1. The molecule has 4 rings (SSSR count). The summed E-state index contributed by atoms with van der Waals surface area (Å²) in [5.74, 6) is 1.78. The molecule has 4 N–H and O–H groups in total.